The van der Waals surface area contributed by atoms with Crippen molar-refractivity contribution in [2.45, 2.75) is 56.3 Å². The number of piperidine rings is 1. The van der Waals surface area contributed by atoms with Gasteiger partial charge in [-0.25, -0.2) is 4.98 Å². The molecule has 1 aromatic carbocycles. The standard InChI is InChI=1S/C27H27F4N5O2S/c28-11-2-12-34-13-7-21(8-14-34)38-20-5-3-18(4-6-20)36-25(39)35(24(37)26(36)9-1-10-26)19-15-22(27(29,30)31)23(16-32)33-17-19/h3-6,15,17,21H,1-2,7-14H2. The Labute approximate surface area is 228 Å². The van der Waals surface area contributed by atoms with Gasteiger partial charge in [0.05, 0.1) is 24.1 Å². The first-order valence-corrected chi connectivity index (χ1v) is 13.3. The second kappa shape index (κ2) is 10.7. The van der Waals surface area contributed by atoms with Gasteiger partial charge in [-0.3, -0.25) is 14.1 Å². The molecule has 1 spiro atoms. The number of ether oxygens (including phenoxy) is 1. The van der Waals surface area contributed by atoms with Crippen molar-refractivity contribution >= 4 is 34.6 Å². The molecule has 2 aliphatic heterocycles. The highest BCUT2D eigenvalue weighted by Gasteiger charge is 2.59. The monoisotopic (exact) mass is 561 g/mol. The lowest BCUT2D eigenvalue weighted by molar-refractivity contribution is -0.138. The molecule has 0 atom stereocenters. The lowest BCUT2D eigenvalue weighted by atomic mass is 9.75. The van der Waals surface area contributed by atoms with E-state index < -0.39 is 28.9 Å². The number of nitrogens with zero attached hydrogens (tertiary/aromatic N) is 5. The molecule has 1 amide bonds. The first-order valence-electron chi connectivity index (χ1n) is 12.9. The molecule has 3 heterocycles. The van der Waals surface area contributed by atoms with Gasteiger partial charge in [0, 0.05) is 25.3 Å². The average Bonchev–Trinajstić information content (AvgIpc) is 3.14. The minimum atomic E-state index is -4.81. The first kappa shape index (κ1) is 27.3. The molecule has 1 aliphatic carbocycles. The Morgan fingerprint density at radius 2 is 1.85 bits per heavy atom. The van der Waals surface area contributed by atoms with Gasteiger partial charge in [0.2, 0.25) is 0 Å². The molecule has 1 aromatic heterocycles. The minimum Gasteiger partial charge on any atom is -0.490 e. The van der Waals surface area contributed by atoms with E-state index in [-0.39, 0.29) is 23.6 Å². The molecule has 3 fully saturated rings. The SMILES string of the molecule is N#Cc1ncc(N2C(=O)C3(CCC3)N(c3ccc(OC4CCN(CCCF)CC4)cc3)C2=S)cc1C(F)(F)F. The number of rotatable bonds is 7. The van der Waals surface area contributed by atoms with E-state index in [9.17, 15) is 22.4 Å². The van der Waals surface area contributed by atoms with Gasteiger partial charge in [-0.15, -0.1) is 0 Å². The molecular formula is C27H27F4N5O2S. The largest absolute Gasteiger partial charge is 0.490 e. The topological polar surface area (TPSA) is 72.7 Å². The van der Waals surface area contributed by atoms with E-state index in [4.69, 9.17) is 22.2 Å². The molecule has 3 aliphatic rings. The fourth-order valence-electron chi connectivity index (χ4n) is 5.49. The maximum Gasteiger partial charge on any atom is 0.419 e. The van der Waals surface area contributed by atoms with Gasteiger partial charge in [-0.2, -0.15) is 18.4 Å². The minimum absolute atomic E-state index is 0.0482. The van der Waals surface area contributed by atoms with E-state index in [1.165, 1.54) is 6.07 Å². The zero-order valence-electron chi connectivity index (χ0n) is 21.1. The number of hydrogen-bond donors (Lipinski definition) is 0. The Morgan fingerprint density at radius 1 is 1.15 bits per heavy atom. The van der Waals surface area contributed by atoms with Crippen LogP contribution in [0.25, 0.3) is 0 Å². The summed E-state index contributed by atoms with van der Waals surface area (Å²) in [6.07, 6.45) is 0.342. The molecule has 5 rings (SSSR count). The average molecular weight is 562 g/mol. The van der Waals surface area contributed by atoms with Gasteiger partial charge in [0.1, 0.15) is 23.5 Å². The Kier molecular flexibility index (Phi) is 7.48. The van der Waals surface area contributed by atoms with E-state index in [0.29, 0.717) is 30.7 Å². The van der Waals surface area contributed by atoms with E-state index in [2.05, 4.69) is 9.88 Å². The van der Waals surface area contributed by atoms with Gasteiger partial charge >= 0.3 is 6.18 Å². The smallest absolute Gasteiger partial charge is 0.419 e. The number of halogens is 4. The van der Waals surface area contributed by atoms with Crippen molar-refractivity contribution in [1.29, 1.82) is 5.26 Å². The highest BCUT2D eigenvalue weighted by Crippen LogP contribution is 2.48. The number of carbonyl (C=O) groups excluding carboxylic acids is 1. The number of anilines is 2. The summed E-state index contributed by atoms with van der Waals surface area (Å²) in [6, 6.07) is 9.41. The second-order valence-corrected chi connectivity index (χ2v) is 10.4. The van der Waals surface area contributed by atoms with E-state index >= 15 is 0 Å². The maximum atomic E-state index is 13.6. The molecule has 0 unspecified atom stereocenters. The van der Waals surface area contributed by atoms with Gasteiger partial charge < -0.3 is 14.5 Å². The number of amides is 1. The molecule has 39 heavy (non-hydrogen) atoms. The number of hydrogen-bond acceptors (Lipinski definition) is 6. The predicted octanol–water partition coefficient (Wildman–Crippen LogP) is 5.24. The van der Waals surface area contributed by atoms with Crippen LogP contribution in [0.5, 0.6) is 5.75 Å². The number of nitriles is 1. The number of likely N-dealkylation sites (tertiary alicyclic amines) is 1. The summed E-state index contributed by atoms with van der Waals surface area (Å²) in [4.78, 5) is 22.3. The lowest BCUT2D eigenvalue weighted by Crippen LogP contribution is -2.55. The van der Waals surface area contributed by atoms with Crippen LogP contribution in [0.3, 0.4) is 0 Å². The molecule has 0 N–H and O–H groups in total. The van der Waals surface area contributed by atoms with Gasteiger partial charge in [-0.05, 0) is 81.1 Å². The summed E-state index contributed by atoms with van der Waals surface area (Å²) in [5.74, 6) is 0.265. The summed E-state index contributed by atoms with van der Waals surface area (Å²) in [5.41, 5.74) is -2.43. The van der Waals surface area contributed by atoms with E-state index in [1.54, 1.807) is 29.2 Å². The molecular weight excluding hydrogens is 534 g/mol. The van der Waals surface area contributed by atoms with Gasteiger partial charge in [-0.1, -0.05) is 0 Å². The number of carbonyl (C=O) groups is 1. The summed E-state index contributed by atoms with van der Waals surface area (Å²) in [6.45, 7) is 2.14. The van der Waals surface area contributed by atoms with Crippen molar-refractivity contribution in [2.24, 2.45) is 0 Å². The number of thiocarbonyl (C=S) groups is 1. The molecule has 0 radical (unpaired) electrons. The van der Waals surface area contributed by atoms with Crippen LogP contribution in [0.4, 0.5) is 28.9 Å². The third kappa shape index (κ3) is 5.05. The molecule has 2 aromatic rings. The molecule has 7 nitrogen and oxygen atoms in total. The van der Waals surface area contributed by atoms with Crippen LogP contribution < -0.4 is 14.5 Å². The number of benzene rings is 1. The zero-order valence-corrected chi connectivity index (χ0v) is 21.9. The Bertz CT molecular complexity index is 1280. The van der Waals surface area contributed by atoms with Crippen LogP contribution in [-0.4, -0.2) is 58.9 Å². The summed E-state index contributed by atoms with van der Waals surface area (Å²) in [7, 11) is 0. The summed E-state index contributed by atoms with van der Waals surface area (Å²) < 4.78 is 59.3. The fourth-order valence-corrected chi connectivity index (χ4v) is 5.96. The van der Waals surface area contributed by atoms with Crippen molar-refractivity contribution in [3.8, 4) is 11.8 Å². The van der Waals surface area contributed by atoms with Crippen LogP contribution >= 0.6 is 12.2 Å². The van der Waals surface area contributed by atoms with Crippen molar-refractivity contribution in [3.05, 3.63) is 47.8 Å². The first-order chi connectivity index (χ1) is 18.7. The quantitative estimate of drug-likeness (QED) is 0.338. The highest BCUT2D eigenvalue weighted by atomic mass is 32.1. The second-order valence-electron chi connectivity index (χ2n) is 10.0. The molecule has 2 saturated heterocycles. The highest BCUT2D eigenvalue weighted by molar-refractivity contribution is 7.81. The van der Waals surface area contributed by atoms with Crippen molar-refractivity contribution in [1.82, 2.24) is 9.88 Å². The third-order valence-corrected chi connectivity index (χ3v) is 8.04. The summed E-state index contributed by atoms with van der Waals surface area (Å²) in [5, 5.41) is 9.14. The number of pyridine rings is 1. The number of aromatic nitrogens is 1. The Morgan fingerprint density at radius 3 is 2.41 bits per heavy atom. The van der Waals surface area contributed by atoms with Crippen molar-refractivity contribution < 1.29 is 27.1 Å². The van der Waals surface area contributed by atoms with Gasteiger partial charge in [0.25, 0.3) is 5.91 Å². The van der Waals surface area contributed by atoms with Gasteiger partial charge in [0.15, 0.2) is 10.8 Å². The number of alkyl halides is 4. The van der Waals surface area contributed by atoms with Crippen LogP contribution in [0.2, 0.25) is 0 Å². The fraction of sp³-hybridized carbons (Fsp3) is 0.481. The predicted molar refractivity (Wildman–Crippen MR) is 140 cm³/mol. The van der Waals surface area contributed by atoms with Crippen molar-refractivity contribution in [2.75, 3.05) is 36.1 Å². The van der Waals surface area contributed by atoms with Crippen molar-refractivity contribution in [3.63, 3.8) is 0 Å². The molecule has 1 saturated carbocycles. The molecule has 206 valence electrons. The molecule has 0 bridgehead atoms. The van der Waals surface area contributed by atoms with Crippen LogP contribution in [0.1, 0.15) is 49.8 Å². The maximum absolute atomic E-state index is 13.6. The Hall–Kier alpha value is -3.30. The van der Waals surface area contributed by atoms with E-state index in [0.717, 1.165) is 56.1 Å². The lowest BCUT2D eigenvalue weighted by Gasteiger charge is -2.43. The normalized spacial score (nSPS) is 19.9. The van der Waals surface area contributed by atoms with Crippen LogP contribution in [0, 0.1) is 11.3 Å². The third-order valence-electron chi connectivity index (χ3n) is 7.68. The van der Waals surface area contributed by atoms with Crippen LogP contribution in [-0.2, 0) is 11.0 Å². The zero-order chi connectivity index (χ0) is 27.8. The Balaban J connectivity index is 1.35. The van der Waals surface area contributed by atoms with Crippen LogP contribution in [0.15, 0.2) is 36.5 Å². The van der Waals surface area contributed by atoms with E-state index in [1.807, 2.05) is 0 Å². The summed E-state index contributed by atoms with van der Waals surface area (Å²) >= 11 is 5.65. The molecule has 12 heteroatoms.